The lowest BCUT2D eigenvalue weighted by atomic mass is 9.80. The third-order valence-corrected chi connectivity index (χ3v) is 5.89. The summed E-state index contributed by atoms with van der Waals surface area (Å²) >= 11 is 0. The minimum Gasteiger partial charge on any atom is -0.455 e. The second-order valence-electron chi connectivity index (χ2n) is 8.12. The van der Waals surface area contributed by atoms with Crippen LogP contribution >= 0.6 is 0 Å². The lowest BCUT2D eigenvalue weighted by Gasteiger charge is -2.38. The van der Waals surface area contributed by atoms with Gasteiger partial charge < -0.3 is 14.4 Å². The number of rotatable bonds is 3. The van der Waals surface area contributed by atoms with E-state index in [1.54, 1.807) is 0 Å². The fourth-order valence-corrected chi connectivity index (χ4v) is 4.27. The lowest BCUT2D eigenvalue weighted by Crippen LogP contribution is -2.52. The van der Waals surface area contributed by atoms with Gasteiger partial charge in [0.05, 0.1) is 23.7 Å². The predicted octanol–water partition coefficient (Wildman–Crippen LogP) is 4.49. The fourth-order valence-electron chi connectivity index (χ4n) is 4.27. The molecule has 2 atom stereocenters. The van der Waals surface area contributed by atoms with Gasteiger partial charge in [-0.3, -0.25) is 10.1 Å². The molecule has 1 aromatic heterocycles. The number of alkyl halides is 7. The standard InChI is InChI=1S/C20H19F7N2O3/c21-18(22)4-3-11(30)8-14(18)19(23,24)9-29-6-5-28-17(31)16-15(29)12-7-10(20(25,26)27)1-2-13(12)32-16/h1-2,7,14,17,28,31H,3-6,8-9H2. The summed E-state index contributed by atoms with van der Waals surface area (Å²) in [4.78, 5) is 12.5. The summed E-state index contributed by atoms with van der Waals surface area (Å²) in [5.41, 5.74) is -1.37. The number of anilines is 1. The summed E-state index contributed by atoms with van der Waals surface area (Å²) in [5, 5.41) is 12.6. The smallest absolute Gasteiger partial charge is 0.416 e. The first kappa shape index (κ1) is 22.8. The van der Waals surface area contributed by atoms with Crippen LogP contribution in [0, 0.1) is 5.92 Å². The molecule has 2 unspecified atom stereocenters. The van der Waals surface area contributed by atoms with Crippen molar-refractivity contribution in [2.24, 2.45) is 5.92 Å². The SMILES string of the molecule is O=C1CCC(F)(F)C(C(F)(F)CN2CCNC(O)c3oc4ccc(C(F)(F)F)cc4c32)C1. The Labute approximate surface area is 177 Å². The first-order valence-corrected chi connectivity index (χ1v) is 9.87. The highest BCUT2D eigenvalue weighted by atomic mass is 19.4. The highest BCUT2D eigenvalue weighted by molar-refractivity contribution is 5.94. The number of aliphatic hydroxyl groups is 1. The van der Waals surface area contributed by atoms with E-state index in [2.05, 4.69) is 5.32 Å². The maximum atomic E-state index is 15.1. The second-order valence-corrected chi connectivity index (χ2v) is 8.12. The maximum absolute atomic E-state index is 15.1. The van der Waals surface area contributed by atoms with Gasteiger partial charge in [-0.2, -0.15) is 13.2 Å². The summed E-state index contributed by atoms with van der Waals surface area (Å²) in [6.45, 7) is -1.58. The first-order chi connectivity index (χ1) is 14.8. The lowest BCUT2D eigenvalue weighted by molar-refractivity contribution is -0.187. The number of carbonyl (C=O) groups is 1. The van der Waals surface area contributed by atoms with Gasteiger partial charge in [0.15, 0.2) is 12.0 Å². The Morgan fingerprint density at radius 2 is 1.94 bits per heavy atom. The molecule has 176 valence electrons. The van der Waals surface area contributed by atoms with Gasteiger partial charge in [-0.05, 0) is 18.2 Å². The van der Waals surface area contributed by atoms with Gasteiger partial charge in [-0.25, -0.2) is 17.6 Å². The van der Waals surface area contributed by atoms with Crippen molar-refractivity contribution in [2.75, 3.05) is 24.5 Å². The largest absolute Gasteiger partial charge is 0.455 e. The number of fused-ring (bicyclic) bond motifs is 3. The predicted molar refractivity (Wildman–Crippen MR) is 98.6 cm³/mol. The molecule has 2 heterocycles. The molecule has 1 saturated carbocycles. The van der Waals surface area contributed by atoms with E-state index in [1.165, 1.54) is 0 Å². The number of ketones is 1. The molecule has 0 amide bonds. The molecule has 12 heteroatoms. The average Bonchev–Trinajstić information content (AvgIpc) is 3.00. The number of hydrogen-bond donors (Lipinski definition) is 2. The molecule has 0 spiro atoms. The van der Waals surface area contributed by atoms with E-state index in [1.807, 2.05) is 0 Å². The van der Waals surface area contributed by atoms with Crippen LogP contribution in [0.4, 0.5) is 36.4 Å². The third-order valence-electron chi connectivity index (χ3n) is 5.89. The van der Waals surface area contributed by atoms with E-state index in [4.69, 9.17) is 4.42 Å². The van der Waals surface area contributed by atoms with Crippen molar-refractivity contribution in [2.45, 2.75) is 43.5 Å². The van der Waals surface area contributed by atoms with Crippen molar-refractivity contribution < 1.29 is 45.1 Å². The van der Waals surface area contributed by atoms with E-state index in [0.717, 1.165) is 17.0 Å². The van der Waals surface area contributed by atoms with Crippen LogP contribution in [0.2, 0.25) is 0 Å². The Morgan fingerprint density at radius 3 is 2.62 bits per heavy atom. The Balaban J connectivity index is 1.77. The summed E-state index contributed by atoms with van der Waals surface area (Å²) in [6.07, 6.45) is -8.69. The van der Waals surface area contributed by atoms with Crippen LogP contribution < -0.4 is 10.2 Å². The van der Waals surface area contributed by atoms with Crippen molar-refractivity contribution >= 4 is 22.4 Å². The summed E-state index contributed by atoms with van der Waals surface area (Å²) in [7, 11) is 0. The topological polar surface area (TPSA) is 65.7 Å². The molecule has 2 aliphatic rings. The van der Waals surface area contributed by atoms with Gasteiger partial charge in [-0.1, -0.05) is 0 Å². The highest BCUT2D eigenvalue weighted by Crippen LogP contribution is 2.47. The first-order valence-electron chi connectivity index (χ1n) is 9.87. The number of nitrogens with zero attached hydrogens (tertiary/aromatic N) is 1. The summed E-state index contributed by atoms with van der Waals surface area (Å²) in [6, 6.07) is 2.46. The molecule has 2 N–H and O–H groups in total. The number of halogens is 7. The van der Waals surface area contributed by atoms with Crippen molar-refractivity contribution in [3.05, 3.63) is 29.5 Å². The average molecular weight is 468 g/mol. The molecule has 32 heavy (non-hydrogen) atoms. The number of hydrogen-bond acceptors (Lipinski definition) is 5. The van der Waals surface area contributed by atoms with Crippen LogP contribution in [0.25, 0.3) is 11.0 Å². The molecule has 2 aromatic rings. The Morgan fingerprint density at radius 1 is 1.22 bits per heavy atom. The number of furan rings is 1. The molecule has 0 bridgehead atoms. The van der Waals surface area contributed by atoms with Crippen LogP contribution in [0.3, 0.4) is 0 Å². The third kappa shape index (κ3) is 4.05. The van der Waals surface area contributed by atoms with Crippen molar-refractivity contribution in [3.8, 4) is 0 Å². The van der Waals surface area contributed by atoms with Gasteiger partial charge in [0, 0.05) is 37.7 Å². The molecule has 5 nitrogen and oxygen atoms in total. The molecule has 4 rings (SSSR count). The van der Waals surface area contributed by atoms with E-state index in [0.29, 0.717) is 6.07 Å². The monoisotopic (exact) mass is 468 g/mol. The van der Waals surface area contributed by atoms with E-state index in [9.17, 15) is 31.9 Å². The van der Waals surface area contributed by atoms with Crippen molar-refractivity contribution in [1.29, 1.82) is 0 Å². The minimum absolute atomic E-state index is 0.0676. The quantitative estimate of drug-likeness (QED) is 0.650. The molecular formula is C20H19F7N2O3. The van der Waals surface area contributed by atoms with Crippen LogP contribution in [0.5, 0.6) is 0 Å². The molecule has 1 aliphatic carbocycles. The van der Waals surface area contributed by atoms with Gasteiger partial charge in [0.1, 0.15) is 11.4 Å². The Hall–Kier alpha value is -2.34. The van der Waals surface area contributed by atoms with Crippen LogP contribution in [-0.2, 0) is 11.0 Å². The van der Waals surface area contributed by atoms with Gasteiger partial charge in [-0.15, -0.1) is 0 Å². The van der Waals surface area contributed by atoms with Gasteiger partial charge >= 0.3 is 6.18 Å². The number of carbonyl (C=O) groups excluding carboxylic acids is 1. The Kier molecular flexibility index (Phi) is 5.44. The van der Waals surface area contributed by atoms with Crippen LogP contribution in [0.15, 0.2) is 22.6 Å². The highest BCUT2D eigenvalue weighted by Gasteiger charge is 2.57. The van der Waals surface area contributed by atoms with E-state index in [-0.39, 0.29) is 35.5 Å². The number of nitrogens with one attached hydrogen (secondary N) is 1. The van der Waals surface area contributed by atoms with Crippen LogP contribution in [0.1, 0.15) is 36.8 Å². The molecule has 1 aromatic carbocycles. The van der Waals surface area contributed by atoms with Crippen molar-refractivity contribution in [3.63, 3.8) is 0 Å². The molecule has 0 radical (unpaired) electrons. The summed E-state index contributed by atoms with van der Waals surface area (Å²) in [5.74, 6) is -11.3. The summed E-state index contributed by atoms with van der Waals surface area (Å²) < 4.78 is 104. The zero-order valence-corrected chi connectivity index (χ0v) is 16.5. The number of Topliss-reactive ketones (excluding diaryl/α,β-unsaturated/α-hetero) is 1. The molecule has 0 saturated heterocycles. The normalized spacial score (nSPS) is 24.5. The minimum atomic E-state index is -4.72. The van der Waals surface area contributed by atoms with Crippen LogP contribution in [-0.4, -0.2) is 42.4 Å². The molecule has 1 aliphatic heterocycles. The van der Waals surface area contributed by atoms with E-state index >= 15 is 8.78 Å². The van der Waals surface area contributed by atoms with Crippen molar-refractivity contribution in [1.82, 2.24) is 5.32 Å². The zero-order chi connectivity index (χ0) is 23.5. The zero-order valence-electron chi connectivity index (χ0n) is 16.5. The molecular weight excluding hydrogens is 449 g/mol. The van der Waals surface area contributed by atoms with Gasteiger partial charge in [0.25, 0.3) is 11.8 Å². The number of aliphatic hydroxyl groups excluding tert-OH is 1. The molecule has 1 fully saturated rings. The maximum Gasteiger partial charge on any atom is 0.416 e. The van der Waals surface area contributed by atoms with Gasteiger partial charge in [0.2, 0.25) is 0 Å². The second kappa shape index (κ2) is 7.62. The fraction of sp³-hybridized carbons (Fsp3) is 0.550. The number of benzene rings is 1. The van der Waals surface area contributed by atoms with E-state index < -0.39 is 67.3 Å². The Bertz CT molecular complexity index is 1030.